The highest BCUT2D eigenvalue weighted by Gasteiger charge is 2.32. The van der Waals surface area contributed by atoms with Gasteiger partial charge in [0, 0.05) is 19.5 Å². The molecule has 1 aromatic carbocycles. The van der Waals surface area contributed by atoms with Crippen molar-refractivity contribution in [1.82, 2.24) is 15.1 Å². The first kappa shape index (κ1) is 16.5. The van der Waals surface area contributed by atoms with Crippen molar-refractivity contribution < 1.29 is 9.15 Å². The highest BCUT2D eigenvalue weighted by Crippen LogP contribution is 2.31. The zero-order chi connectivity index (χ0) is 16.9. The molecule has 0 bridgehead atoms. The third-order valence-corrected chi connectivity index (χ3v) is 4.61. The van der Waals surface area contributed by atoms with Crippen molar-refractivity contribution in [1.29, 1.82) is 5.26 Å². The van der Waals surface area contributed by atoms with Crippen molar-refractivity contribution in [2.75, 3.05) is 19.7 Å². The SMILES string of the molecule is Cc1nnc([C@H]2CCCN(CCOc3ccc(C#N)cc3)[C@H]2C)o1. The molecule has 6 heteroatoms. The maximum atomic E-state index is 8.81. The first-order chi connectivity index (χ1) is 11.7. The number of ether oxygens (including phenoxy) is 1. The first-order valence-electron chi connectivity index (χ1n) is 8.34. The lowest BCUT2D eigenvalue weighted by molar-refractivity contribution is 0.106. The van der Waals surface area contributed by atoms with Crippen LogP contribution in [0.1, 0.15) is 43.0 Å². The van der Waals surface area contributed by atoms with E-state index in [2.05, 4.69) is 28.1 Å². The lowest BCUT2D eigenvalue weighted by Gasteiger charge is -2.37. The average Bonchev–Trinajstić information content (AvgIpc) is 3.03. The monoisotopic (exact) mass is 326 g/mol. The first-order valence-corrected chi connectivity index (χ1v) is 8.34. The smallest absolute Gasteiger partial charge is 0.221 e. The van der Waals surface area contributed by atoms with Gasteiger partial charge in [0.2, 0.25) is 11.8 Å². The van der Waals surface area contributed by atoms with E-state index in [0.717, 1.165) is 37.6 Å². The Kier molecular flexibility index (Phi) is 5.11. The van der Waals surface area contributed by atoms with Crippen molar-refractivity contribution in [3.8, 4) is 11.8 Å². The fourth-order valence-corrected chi connectivity index (χ4v) is 3.23. The minimum atomic E-state index is 0.287. The Labute approximate surface area is 142 Å². The Morgan fingerprint density at radius 2 is 2.12 bits per heavy atom. The van der Waals surface area contributed by atoms with Crippen molar-refractivity contribution in [3.63, 3.8) is 0 Å². The van der Waals surface area contributed by atoms with E-state index in [0.29, 0.717) is 24.1 Å². The van der Waals surface area contributed by atoms with Gasteiger partial charge < -0.3 is 9.15 Å². The standard InChI is InChI=1S/C18H22N4O2/c1-13-17(18-21-20-14(2)24-18)4-3-9-22(13)10-11-23-16-7-5-15(12-19)6-8-16/h5-8,13,17H,3-4,9-11H2,1-2H3/t13-,17-/m0/s1. The molecule has 0 unspecified atom stereocenters. The van der Waals surface area contributed by atoms with Crippen molar-refractivity contribution >= 4 is 0 Å². The Balaban J connectivity index is 1.53. The van der Waals surface area contributed by atoms with Gasteiger partial charge in [-0.15, -0.1) is 10.2 Å². The van der Waals surface area contributed by atoms with E-state index < -0.39 is 0 Å². The number of nitriles is 1. The lowest BCUT2D eigenvalue weighted by atomic mass is 9.90. The molecule has 3 rings (SSSR count). The number of hydrogen-bond acceptors (Lipinski definition) is 6. The van der Waals surface area contributed by atoms with E-state index in [-0.39, 0.29) is 5.92 Å². The van der Waals surface area contributed by atoms with E-state index in [9.17, 15) is 0 Å². The number of hydrogen-bond donors (Lipinski definition) is 0. The summed E-state index contributed by atoms with van der Waals surface area (Å²) in [6.07, 6.45) is 2.20. The maximum absolute atomic E-state index is 8.81. The second kappa shape index (κ2) is 7.45. The quantitative estimate of drug-likeness (QED) is 0.841. The Hall–Kier alpha value is -2.39. The number of rotatable bonds is 5. The van der Waals surface area contributed by atoms with Crippen LogP contribution in [-0.2, 0) is 0 Å². The Morgan fingerprint density at radius 3 is 2.79 bits per heavy atom. The van der Waals surface area contributed by atoms with Crippen LogP contribution in [0.5, 0.6) is 5.75 Å². The van der Waals surface area contributed by atoms with Gasteiger partial charge in [-0.1, -0.05) is 0 Å². The average molecular weight is 326 g/mol. The summed E-state index contributed by atoms with van der Waals surface area (Å²) in [5.74, 6) is 2.45. The summed E-state index contributed by atoms with van der Waals surface area (Å²) in [5.41, 5.74) is 0.643. The minimum Gasteiger partial charge on any atom is -0.492 e. The second-order valence-corrected chi connectivity index (χ2v) is 6.17. The summed E-state index contributed by atoms with van der Waals surface area (Å²) in [5, 5.41) is 17.0. The predicted octanol–water partition coefficient (Wildman–Crippen LogP) is 2.90. The van der Waals surface area contributed by atoms with Gasteiger partial charge in [-0.25, -0.2) is 0 Å². The third-order valence-electron chi connectivity index (χ3n) is 4.61. The molecule has 1 fully saturated rings. The number of nitrogens with zero attached hydrogens (tertiary/aromatic N) is 4. The zero-order valence-electron chi connectivity index (χ0n) is 14.1. The molecule has 0 amide bonds. The summed E-state index contributed by atoms with van der Waals surface area (Å²) in [6.45, 7) is 6.57. The normalized spacial score (nSPS) is 21.4. The molecule has 126 valence electrons. The van der Waals surface area contributed by atoms with Crippen LogP contribution in [0.25, 0.3) is 0 Å². The van der Waals surface area contributed by atoms with Crippen LogP contribution >= 0.6 is 0 Å². The van der Waals surface area contributed by atoms with Crippen molar-refractivity contribution in [3.05, 3.63) is 41.6 Å². The van der Waals surface area contributed by atoms with Crippen LogP contribution in [0.2, 0.25) is 0 Å². The van der Waals surface area contributed by atoms with Gasteiger partial charge in [-0.05, 0) is 50.6 Å². The van der Waals surface area contributed by atoms with Crippen LogP contribution in [0, 0.1) is 18.3 Å². The van der Waals surface area contributed by atoms with E-state index in [1.165, 1.54) is 0 Å². The van der Waals surface area contributed by atoms with E-state index in [1.807, 2.05) is 19.1 Å². The summed E-state index contributed by atoms with van der Waals surface area (Å²) in [6, 6.07) is 9.67. The minimum absolute atomic E-state index is 0.287. The van der Waals surface area contributed by atoms with Gasteiger partial charge in [0.15, 0.2) is 0 Å². The lowest BCUT2D eigenvalue weighted by Crippen LogP contribution is -2.44. The van der Waals surface area contributed by atoms with E-state index >= 15 is 0 Å². The largest absolute Gasteiger partial charge is 0.492 e. The molecule has 24 heavy (non-hydrogen) atoms. The highest BCUT2D eigenvalue weighted by molar-refractivity contribution is 5.34. The number of piperidine rings is 1. The molecular weight excluding hydrogens is 304 g/mol. The van der Waals surface area contributed by atoms with Gasteiger partial charge in [0.25, 0.3) is 0 Å². The van der Waals surface area contributed by atoms with Gasteiger partial charge in [-0.3, -0.25) is 4.90 Å². The Bertz CT molecular complexity index is 705. The number of aromatic nitrogens is 2. The molecule has 1 saturated heterocycles. The van der Waals surface area contributed by atoms with Crippen LogP contribution in [-0.4, -0.2) is 40.8 Å². The molecule has 0 N–H and O–H groups in total. The Morgan fingerprint density at radius 1 is 1.33 bits per heavy atom. The molecular formula is C18H22N4O2. The van der Waals surface area contributed by atoms with Gasteiger partial charge in [0.05, 0.1) is 17.6 Å². The molecule has 0 saturated carbocycles. The zero-order valence-corrected chi connectivity index (χ0v) is 14.1. The number of likely N-dealkylation sites (tertiary alicyclic amines) is 1. The fourth-order valence-electron chi connectivity index (χ4n) is 3.23. The molecule has 6 nitrogen and oxygen atoms in total. The molecule has 0 spiro atoms. The van der Waals surface area contributed by atoms with Crippen molar-refractivity contribution in [2.45, 2.75) is 38.6 Å². The number of benzene rings is 1. The van der Waals surface area contributed by atoms with Gasteiger partial charge >= 0.3 is 0 Å². The third kappa shape index (κ3) is 3.74. The molecule has 2 heterocycles. The van der Waals surface area contributed by atoms with Gasteiger partial charge in [0.1, 0.15) is 12.4 Å². The molecule has 1 aliphatic heterocycles. The molecule has 1 aliphatic rings. The molecule has 0 radical (unpaired) electrons. The molecule has 1 aromatic heterocycles. The van der Waals surface area contributed by atoms with Crippen molar-refractivity contribution in [2.24, 2.45) is 0 Å². The summed E-state index contributed by atoms with van der Waals surface area (Å²) >= 11 is 0. The van der Waals surface area contributed by atoms with Crippen LogP contribution in [0.15, 0.2) is 28.7 Å². The topological polar surface area (TPSA) is 75.2 Å². The molecule has 2 atom stereocenters. The van der Waals surface area contributed by atoms with Crippen LogP contribution in [0.4, 0.5) is 0 Å². The second-order valence-electron chi connectivity index (χ2n) is 6.17. The van der Waals surface area contributed by atoms with Crippen LogP contribution < -0.4 is 4.74 Å². The van der Waals surface area contributed by atoms with E-state index in [4.69, 9.17) is 14.4 Å². The highest BCUT2D eigenvalue weighted by atomic mass is 16.5. The molecule has 0 aliphatic carbocycles. The van der Waals surface area contributed by atoms with Crippen LogP contribution in [0.3, 0.4) is 0 Å². The summed E-state index contributed by atoms with van der Waals surface area (Å²) < 4.78 is 11.4. The summed E-state index contributed by atoms with van der Waals surface area (Å²) in [7, 11) is 0. The fraction of sp³-hybridized carbons (Fsp3) is 0.500. The maximum Gasteiger partial charge on any atom is 0.221 e. The molecule has 2 aromatic rings. The number of aryl methyl sites for hydroxylation is 1. The van der Waals surface area contributed by atoms with Gasteiger partial charge in [-0.2, -0.15) is 5.26 Å². The predicted molar refractivity (Wildman–Crippen MR) is 88.7 cm³/mol. The van der Waals surface area contributed by atoms with E-state index in [1.54, 1.807) is 12.1 Å². The summed E-state index contributed by atoms with van der Waals surface area (Å²) in [4.78, 5) is 2.41.